The third-order valence-electron chi connectivity index (χ3n) is 4.07. The van der Waals surface area contributed by atoms with Crippen LogP contribution in [-0.4, -0.2) is 19.7 Å². The third-order valence-corrected chi connectivity index (χ3v) is 4.07. The van der Waals surface area contributed by atoms with Gasteiger partial charge in [-0.3, -0.25) is 0 Å². The van der Waals surface area contributed by atoms with E-state index in [1.165, 1.54) is 18.2 Å². The van der Waals surface area contributed by atoms with E-state index in [1.807, 2.05) is 6.07 Å². The van der Waals surface area contributed by atoms with Crippen LogP contribution in [0.1, 0.15) is 22.8 Å². The highest BCUT2D eigenvalue weighted by Crippen LogP contribution is 2.34. The first-order valence-electron chi connectivity index (χ1n) is 7.62. The number of hydrogen-bond donors (Lipinski definition) is 0. The Bertz CT molecular complexity index is 813. The molecular weight excluding hydrogens is 336 g/mol. The molecule has 0 bridgehead atoms. The summed E-state index contributed by atoms with van der Waals surface area (Å²) in [6.07, 6.45) is -4.92. The largest absolute Gasteiger partial charge is 0.416 e. The van der Waals surface area contributed by atoms with E-state index in [4.69, 9.17) is 4.74 Å². The second-order valence-corrected chi connectivity index (χ2v) is 5.70. The zero-order valence-corrected chi connectivity index (χ0v) is 13.1. The number of nitrogens with zero attached hydrogens (tertiary/aromatic N) is 2. The summed E-state index contributed by atoms with van der Waals surface area (Å²) in [5.41, 5.74) is 0.160. The van der Waals surface area contributed by atoms with Crippen molar-refractivity contribution in [1.82, 2.24) is 0 Å². The van der Waals surface area contributed by atoms with Crippen LogP contribution in [0.4, 0.5) is 23.2 Å². The Labute approximate surface area is 142 Å². The standard InChI is InChI=1S/C18H14F4N2O/c19-15-3-1-2-12(9-15)17-11-24(6-7-25-17)16-5-4-14(18(20,21)22)8-13(16)10-23/h1-5,8-9,17H,6-7,11H2. The molecule has 0 radical (unpaired) electrons. The molecule has 1 aliphatic heterocycles. The molecule has 1 unspecified atom stereocenters. The van der Waals surface area contributed by atoms with Crippen molar-refractivity contribution in [2.45, 2.75) is 12.3 Å². The molecule has 1 heterocycles. The van der Waals surface area contributed by atoms with Crippen molar-refractivity contribution in [1.29, 1.82) is 5.26 Å². The van der Waals surface area contributed by atoms with Crippen LogP contribution in [0, 0.1) is 17.1 Å². The predicted octanol–water partition coefficient (Wildman–Crippen LogP) is 4.29. The third kappa shape index (κ3) is 3.74. The maximum atomic E-state index is 13.4. The Balaban J connectivity index is 1.88. The molecule has 1 atom stereocenters. The first-order chi connectivity index (χ1) is 11.9. The van der Waals surface area contributed by atoms with Crippen LogP contribution in [0.2, 0.25) is 0 Å². The van der Waals surface area contributed by atoms with Gasteiger partial charge in [-0.15, -0.1) is 0 Å². The quantitative estimate of drug-likeness (QED) is 0.758. The smallest absolute Gasteiger partial charge is 0.370 e. The van der Waals surface area contributed by atoms with Gasteiger partial charge in [-0.25, -0.2) is 4.39 Å². The number of halogens is 4. The van der Waals surface area contributed by atoms with Gasteiger partial charge in [-0.05, 0) is 35.9 Å². The molecule has 0 spiro atoms. The summed E-state index contributed by atoms with van der Waals surface area (Å²) in [5, 5.41) is 9.23. The van der Waals surface area contributed by atoms with Crippen LogP contribution in [0.25, 0.3) is 0 Å². The minimum atomic E-state index is -4.50. The SMILES string of the molecule is N#Cc1cc(C(F)(F)F)ccc1N1CCOC(c2cccc(F)c2)C1. The number of nitriles is 1. The van der Waals surface area contributed by atoms with Crippen molar-refractivity contribution in [3.63, 3.8) is 0 Å². The summed E-state index contributed by atoms with van der Waals surface area (Å²) in [7, 11) is 0. The summed E-state index contributed by atoms with van der Waals surface area (Å²) in [6.45, 7) is 1.09. The second-order valence-electron chi connectivity index (χ2n) is 5.70. The monoisotopic (exact) mass is 350 g/mol. The molecule has 2 aromatic rings. The van der Waals surface area contributed by atoms with Gasteiger partial charge in [0.2, 0.25) is 0 Å². The maximum Gasteiger partial charge on any atom is 0.416 e. The van der Waals surface area contributed by atoms with E-state index in [0.29, 0.717) is 30.9 Å². The molecule has 0 aliphatic carbocycles. The van der Waals surface area contributed by atoms with Crippen LogP contribution in [0.3, 0.4) is 0 Å². The predicted molar refractivity (Wildman–Crippen MR) is 83.5 cm³/mol. The second kappa shape index (κ2) is 6.73. The van der Waals surface area contributed by atoms with Gasteiger partial charge in [-0.2, -0.15) is 18.4 Å². The minimum absolute atomic E-state index is 0.0466. The van der Waals surface area contributed by atoms with Crippen molar-refractivity contribution in [2.24, 2.45) is 0 Å². The van der Waals surface area contributed by atoms with E-state index in [2.05, 4.69) is 0 Å². The lowest BCUT2D eigenvalue weighted by molar-refractivity contribution is -0.137. The van der Waals surface area contributed by atoms with Crippen molar-refractivity contribution in [3.05, 3.63) is 65.0 Å². The minimum Gasteiger partial charge on any atom is -0.370 e. The summed E-state index contributed by atoms with van der Waals surface area (Å²) in [5.74, 6) is -0.384. The number of benzene rings is 2. The van der Waals surface area contributed by atoms with E-state index in [1.54, 1.807) is 17.0 Å². The van der Waals surface area contributed by atoms with E-state index >= 15 is 0 Å². The fourth-order valence-electron chi connectivity index (χ4n) is 2.85. The van der Waals surface area contributed by atoms with Gasteiger partial charge in [0.25, 0.3) is 0 Å². The van der Waals surface area contributed by atoms with Gasteiger partial charge in [0.15, 0.2) is 0 Å². The van der Waals surface area contributed by atoms with Gasteiger partial charge >= 0.3 is 6.18 Å². The van der Waals surface area contributed by atoms with Crippen LogP contribution in [0.5, 0.6) is 0 Å². The maximum absolute atomic E-state index is 13.4. The molecule has 0 aromatic heterocycles. The molecule has 0 amide bonds. The van der Waals surface area contributed by atoms with E-state index in [-0.39, 0.29) is 11.4 Å². The molecule has 7 heteroatoms. The lowest BCUT2D eigenvalue weighted by atomic mass is 10.0. The fourth-order valence-corrected chi connectivity index (χ4v) is 2.85. The first kappa shape index (κ1) is 17.2. The molecule has 25 heavy (non-hydrogen) atoms. The average Bonchev–Trinajstić information content (AvgIpc) is 2.60. The Morgan fingerprint density at radius 2 is 1.96 bits per heavy atom. The van der Waals surface area contributed by atoms with Gasteiger partial charge in [0, 0.05) is 13.1 Å². The molecule has 3 nitrogen and oxygen atoms in total. The topological polar surface area (TPSA) is 36.3 Å². The van der Waals surface area contributed by atoms with Crippen LogP contribution < -0.4 is 4.90 Å². The lowest BCUT2D eigenvalue weighted by Gasteiger charge is -2.35. The normalized spacial score (nSPS) is 18.0. The van der Waals surface area contributed by atoms with Crippen LogP contribution >= 0.6 is 0 Å². The Morgan fingerprint density at radius 1 is 1.16 bits per heavy atom. The van der Waals surface area contributed by atoms with Crippen molar-refractivity contribution >= 4 is 5.69 Å². The summed E-state index contributed by atoms with van der Waals surface area (Å²) in [4.78, 5) is 1.79. The number of alkyl halides is 3. The van der Waals surface area contributed by atoms with Crippen LogP contribution in [-0.2, 0) is 10.9 Å². The number of ether oxygens (including phenoxy) is 1. The molecule has 3 rings (SSSR count). The van der Waals surface area contributed by atoms with Crippen molar-refractivity contribution in [2.75, 3.05) is 24.6 Å². The Morgan fingerprint density at radius 3 is 2.64 bits per heavy atom. The molecule has 2 aromatic carbocycles. The number of rotatable bonds is 2. The molecule has 1 saturated heterocycles. The Kier molecular flexibility index (Phi) is 4.64. The number of anilines is 1. The van der Waals surface area contributed by atoms with Crippen molar-refractivity contribution in [3.8, 4) is 6.07 Å². The van der Waals surface area contributed by atoms with E-state index in [9.17, 15) is 22.8 Å². The highest BCUT2D eigenvalue weighted by molar-refractivity contribution is 5.61. The molecular formula is C18H14F4N2O. The average molecular weight is 350 g/mol. The molecule has 1 aliphatic rings. The zero-order chi connectivity index (χ0) is 18.0. The highest BCUT2D eigenvalue weighted by atomic mass is 19.4. The first-order valence-corrected chi connectivity index (χ1v) is 7.62. The van der Waals surface area contributed by atoms with Gasteiger partial charge in [0.05, 0.1) is 23.4 Å². The summed E-state index contributed by atoms with van der Waals surface area (Å²) >= 11 is 0. The molecule has 130 valence electrons. The number of hydrogen-bond acceptors (Lipinski definition) is 3. The summed E-state index contributed by atoms with van der Waals surface area (Å²) < 4.78 is 57.5. The summed E-state index contributed by atoms with van der Waals surface area (Å²) in [6, 6.07) is 10.9. The fraction of sp³-hybridized carbons (Fsp3) is 0.278. The number of morpholine rings is 1. The van der Waals surface area contributed by atoms with E-state index < -0.39 is 17.8 Å². The van der Waals surface area contributed by atoms with Gasteiger partial charge < -0.3 is 9.64 Å². The Hall–Kier alpha value is -2.59. The van der Waals surface area contributed by atoms with Gasteiger partial charge in [0.1, 0.15) is 18.0 Å². The van der Waals surface area contributed by atoms with Crippen molar-refractivity contribution < 1.29 is 22.3 Å². The lowest BCUT2D eigenvalue weighted by Crippen LogP contribution is -2.38. The molecule has 0 saturated carbocycles. The van der Waals surface area contributed by atoms with E-state index in [0.717, 1.165) is 12.1 Å². The van der Waals surface area contributed by atoms with Crippen LogP contribution in [0.15, 0.2) is 42.5 Å². The highest BCUT2D eigenvalue weighted by Gasteiger charge is 2.32. The zero-order valence-electron chi connectivity index (χ0n) is 13.1. The van der Waals surface area contributed by atoms with Gasteiger partial charge in [-0.1, -0.05) is 12.1 Å². The molecule has 1 fully saturated rings. The molecule has 0 N–H and O–H groups in total.